The van der Waals surface area contributed by atoms with Crippen molar-refractivity contribution in [1.29, 1.82) is 0 Å². The molecule has 4 saturated carbocycles. The molecule has 0 saturated heterocycles. The van der Waals surface area contributed by atoms with E-state index in [2.05, 4.69) is 10.6 Å². The van der Waals surface area contributed by atoms with Gasteiger partial charge in [0.1, 0.15) is 5.82 Å². The maximum atomic E-state index is 12.9. The second-order valence-electron chi connectivity index (χ2n) is 8.92. The molecule has 0 atom stereocenters. The van der Waals surface area contributed by atoms with Crippen molar-refractivity contribution >= 4 is 23.5 Å². The minimum absolute atomic E-state index is 0.0297. The van der Waals surface area contributed by atoms with E-state index in [1.807, 2.05) is 0 Å². The van der Waals surface area contributed by atoms with Crippen molar-refractivity contribution in [2.24, 2.45) is 23.2 Å². The van der Waals surface area contributed by atoms with Crippen LogP contribution in [-0.2, 0) is 19.1 Å². The Balaban J connectivity index is 1.16. The lowest BCUT2D eigenvalue weighted by molar-refractivity contribution is -0.148. The molecular formula is C22H27FN2O4. The van der Waals surface area contributed by atoms with E-state index >= 15 is 0 Å². The molecule has 0 spiro atoms. The van der Waals surface area contributed by atoms with Gasteiger partial charge in [0, 0.05) is 17.6 Å². The highest BCUT2D eigenvalue weighted by molar-refractivity contribution is 5.92. The minimum atomic E-state index is -0.537. The highest BCUT2D eigenvalue weighted by atomic mass is 19.1. The van der Waals surface area contributed by atoms with Crippen LogP contribution in [0.1, 0.15) is 44.9 Å². The molecule has 5 rings (SSSR count). The van der Waals surface area contributed by atoms with E-state index in [1.54, 1.807) is 0 Å². The summed E-state index contributed by atoms with van der Waals surface area (Å²) in [7, 11) is 0. The lowest BCUT2D eigenvalue weighted by Crippen LogP contribution is -2.53. The minimum Gasteiger partial charge on any atom is -0.456 e. The van der Waals surface area contributed by atoms with E-state index in [-0.39, 0.29) is 24.3 Å². The smallest absolute Gasteiger partial charge is 0.308 e. The molecule has 4 aliphatic carbocycles. The van der Waals surface area contributed by atoms with E-state index < -0.39 is 24.3 Å². The molecule has 2 amide bonds. The van der Waals surface area contributed by atoms with Gasteiger partial charge >= 0.3 is 5.97 Å². The van der Waals surface area contributed by atoms with Gasteiger partial charge in [-0.2, -0.15) is 0 Å². The summed E-state index contributed by atoms with van der Waals surface area (Å²) in [4.78, 5) is 36.5. The van der Waals surface area contributed by atoms with Gasteiger partial charge in [0.05, 0.1) is 6.42 Å². The predicted molar refractivity (Wildman–Crippen MR) is 104 cm³/mol. The largest absolute Gasteiger partial charge is 0.456 e. The van der Waals surface area contributed by atoms with Crippen LogP contribution in [0.3, 0.4) is 0 Å². The standard InChI is InChI=1S/C22H27FN2O4/c23-17-1-3-18(4-2-17)25-19(26)13-29-20(27)5-6-24-21(28)22-10-14-7-15(11-22)9-16(8-14)12-22/h1-4,14-16H,5-13H2,(H,24,28)(H,25,26). The molecule has 7 heteroatoms. The summed E-state index contributed by atoms with van der Waals surface area (Å²) in [6.07, 6.45) is 6.81. The molecule has 156 valence electrons. The SMILES string of the molecule is O=C(COC(=O)CCNC(=O)C12CC3CC(CC(C3)C1)C2)Nc1ccc(F)cc1. The van der Waals surface area contributed by atoms with Crippen LogP contribution < -0.4 is 10.6 Å². The van der Waals surface area contributed by atoms with Crippen molar-refractivity contribution in [3.63, 3.8) is 0 Å². The molecule has 0 aliphatic heterocycles. The van der Waals surface area contributed by atoms with Crippen LogP contribution in [0.2, 0.25) is 0 Å². The number of amides is 2. The molecule has 0 aromatic heterocycles. The predicted octanol–water partition coefficient (Wildman–Crippen LogP) is 3.03. The molecular weight excluding hydrogens is 375 g/mol. The molecule has 2 N–H and O–H groups in total. The Kier molecular flexibility index (Phi) is 5.56. The van der Waals surface area contributed by atoms with Crippen LogP contribution in [0.25, 0.3) is 0 Å². The number of anilines is 1. The van der Waals surface area contributed by atoms with Gasteiger partial charge in [0.15, 0.2) is 6.61 Å². The molecule has 29 heavy (non-hydrogen) atoms. The van der Waals surface area contributed by atoms with Crippen molar-refractivity contribution < 1.29 is 23.5 Å². The number of carbonyl (C=O) groups excluding carboxylic acids is 3. The number of hydrogen-bond acceptors (Lipinski definition) is 4. The maximum absolute atomic E-state index is 12.9. The van der Waals surface area contributed by atoms with Gasteiger partial charge in [-0.15, -0.1) is 0 Å². The van der Waals surface area contributed by atoms with Gasteiger partial charge in [-0.25, -0.2) is 4.39 Å². The Bertz CT molecular complexity index is 757. The van der Waals surface area contributed by atoms with E-state index in [9.17, 15) is 18.8 Å². The molecule has 4 aliphatic rings. The van der Waals surface area contributed by atoms with Gasteiger partial charge in [-0.05, 0) is 80.5 Å². The van der Waals surface area contributed by atoms with E-state index in [1.165, 1.54) is 43.5 Å². The molecule has 1 aromatic carbocycles. The third kappa shape index (κ3) is 4.60. The molecule has 4 fully saturated rings. The third-order valence-electron chi connectivity index (χ3n) is 6.63. The van der Waals surface area contributed by atoms with Crippen molar-refractivity contribution in [1.82, 2.24) is 5.32 Å². The second-order valence-corrected chi connectivity index (χ2v) is 8.92. The van der Waals surface area contributed by atoms with Gasteiger partial charge in [0.2, 0.25) is 5.91 Å². The van der Waals surface area contributed by atoms with Crippen molar-refractivity contribution in [2.75, 3.05) is 18.5 Å². The number of benzene rings is 1. The van der Waals surface area contributed by atoms with Crippen molar-refractivity contribution in [2.45, 2.75) is 44.9 Å². The zero-order valence-electron chi connectivity index (χ0n) is 16.4. The summed E-state index contributed by atoms with van der Waals surface area (Å²) in [5.74, 6) is 0.723. The number of hydrogen-bond donors (Lipinski definition) is 2. The number of esters is 1. The fraction of sp³-hybridized carbons (Fsp3) is 0.591. The van der Waals surface area contributed by atoms with Crippen LogP contribution in [0.15, 0.2) is 24.3 Å². The van der Waals surface area contributed by atoms with Gasteiger partial charge in [-0.3, -0.25) is 14.4 Å². The lowest BCUT2D eigenvalue weighted by Gasteiger charge is -2.55. The van der Waals surface area contributed by atoms with Crippen LogP contribution >= 0.6 is 0 Å². The first-order valence-corrected chi connectivity index (χ1v) is 10.4. The zero-order valence-corrected chi connectivity index (χ0v) is 16.4. The Hall–Kier alpha value is -2.44. The number of rotatable bonds is 7. The van der Waals surface area contributed by atoms with Crippen molar-refractivity contribution in [3.8, 4) is 0 Å². The molecule has 4 bridgehead atoms. The van der Waals surface area contributed by atoms with Gasteiger partial charge in [-0.1, -0.05) is 0 Å². The van der Waals surface area contributed by atoms with Crippen LogP contribution in [0.4, 0.5) is 10.1 Å². The molecule has 0 unspecified atom stereocenters. The summed E-state index contributed by atoms with van der Waals surface area (Å²) in [5, 5.41) is 5.45. The summed E-state index contributed by atoms with van der Waals surface area (Å²) < 4.78 is 17.8. The topological polar surface area (TPSA) is 84.5 Å². The van der Waals surface area contributed by atoms with Crippen LogP contribution in [0.5, 0.6) is 0 Å². The first-order chi connectivity index (χ1) is 13.9. The quantitative estimate of drug-likeness (QED) is 0.687. The van der Waals surface area contributed by atoms with Gasteiger partial charge < -0.3 is 15.4 Å². The first-order valence-electron chi connectivity index (χ1n) is 10.4. The molecule has 6 nitrogen and oxygen atoms in total. The average molecular weight is 402 g/mol. The normalized spacial score (nSPS) is 29.3. The highest BCUT2D eigenvalue weighted by Gasteiger charge is 2.54. The molecule has 1 aromatic rings. The van der Waals surface area contributed by atoms with Crippen LogP contribution in [0, 0.1) is 29.0 Å². The van der Waals surface area contributed by atoms with Gasteiger partial charge in [0.25, 0.3) is 5.91 Å². The molecule has 0 radical (unpaired) electrons. The summed E-state index contributed by atoms with van der Waals surface area (Å²) >= 11 is 0. The lowest BCUT2D eigenvalue weighted by atomic mass is 9.49. The number of halogens is 1. The van der Waals surface area contributed by atoms with E-state index in [4.69, 9.17) is 4.74 Å². The number of carbonyl (C=O) groups is 3. The summed E-state index contributed by atoms with van der Waals surface area (Å²) in [5.41, 5.74) is 0.198. The zero-order chi connectivity index (χ0) is 20.4. The maximum Gasteiger partial charge on any atom is 0.308 e. The van der Waals surface area contributed by atoms with E-state index in [0.717, 1.165) is 19.3 Å². The fourth-order valence-electron chi connectivity index (χ4n) is 5.80. The second kappa shape index (κ2) is 8.13. The summed E-state index contributed by atoms with van der Waals surface area (Å²) in [6, 6.07) is 5.31. The molecule has 0 heterocycles. The Labute approximate surface area is 169 Å². The Morgan fingerprint density at radius 2 is 1.59 bits per heavy atom. The fourth-order valence-corrected chi connectivity index (χ4v) is 5.80. The monoisotopic (exact) mass is 402 g/mol. The number of nitrogens with one attached hydrogen (secondary N) is 2. The van der Waals surface area contributed by atoms with Crippen LogP contribution in [-0.4, -0.2) is 30.9 Å². The first kappa shape index (κ1) is 19.9. The third-order valence-corrected chi connectivity index (χ3v) is 6.63. The highest BCUT2D eigenvalue weighted by Crippen LogP contribution is 2.60. The Morgan fingerprint density at radius 3 is 2.17 bits per heavy atom. The summed E-state index contributed by atoms with van der Waals surface area (Å²) in [6.45, 7) is -0.196. The number of ether oxygens (including phenoxy) is 1. The van der Waals surface area contributed by atoms with Crippen molar-refractivity contribution in [3.05, 3.63) is 30.1 Å². The van der Waals surface area contributed by atoms with E-state index in [0.29, 0.717) is 23.4 Å². The Morgan fingerprint density at radius 1 is 1.00 bits per heavy atom. The average Bonchev–Trinajstić information content (AvgIpc) is 2.67.